The smallest absolute Gasteiger partial charge is 0.491 e. The standard InChI is InChI=1S/C26H22F3NO4/c1-15(2)33-20-11-7-19(8-12-20)30-23-13-6-18(14-22(23)16(3)24(30)25(31)32)17-4-9-21(10-5-17)34-26(27,28)29/h4-15H,1-3H3,(H,31,32). The normalized spacial score (nSPS) is 11.7. The van der Waals surface area contributed by atoms with Crippen LogP contribution in [0.5, 0.6) is 11.5 Å². The maximum absolute atomic E-state index is 12.4. The number of carbonyl (C=O) groups is 1. The first-order chi connectivity index (χ1) is 16.0. The van der Waals surface area contributed by atoms with E-state index in [0.717, 1.165) is 10.9 Å². The highest BCUT2D eigenvalue weighted by molar-refractivity contribution is 6.00. The Hall–Kier alpha value is -3.94. The lowest BCUT2D eigenvalue weighted by Gasteiger charge is -2.12. The van der Waals surface area contributed by atoms with Crippen LogP contribution < -0.4 is 9.47 Å². The van der Waals surface area contributed by atoms with Gasteiger partial charge in [0, 0.05) is 11.1 Å². The Morgan fingerprint density at radius 3 is 2.06 bits per heavy atom. The minimum Gasteiger partial charge on any atom is -0.491 e. The van der Waals surface area contributed by atoms with Gasteiger partial charge < -0.3 is 19.1 Å². The molecular weight excluding hydrogens is 447 g/mol. The summed E-state index contributed by atoms with van der Waals surface area (Å²) in [5.74, 6) is -0.687. The third-order valence-corrected chi connectivity index (χ3v) is 5.31. The molecule has 1 aromatic heterocycles. The van der Waals surface area contributed by atoms with Crippen LogP contribution in [0.3, 0.4) is 0 Å². The van der Waals surface area contributed by atoms with E-state index in [1.807, 2.05) is 26.0 Å². The molecule has 0 aliphatic carbocycles. The third-order valence-electron chi connectivity index (χ3n) is 5.31. The monoisotopic (exact) mass is 469 g/mol. The number of carboxylic acids is 1. The Kier molecular flexibility index (Phi) is 6.00. The fourth-order valence-electron chi connectivity index (χ4n) is 3.95. The van der Waals surface area contributed by atoms with Crippen molar-refractivity contribution in [2.75, 3.05) is 0 Å². The van der Waals surface area contributed by atoms with Gasteiger partial charge in [0.1, 0.15) is 17.2 Å². The maximum Gasteiger partial charge on any atom is 0.573 e. The number of fused-ring (bicyclic) bond motifs is 1. The van der Waals surface area contributed by atoms with E-state index in [9.17, 15) is 23.1 Å². The van der Waals surface area contributed by atoms with Gasteiger partial charge in [-0.15, -0.1) is 13.2 Å². The Balaban J connectivity index is 1.77. The predicted octanol–water partition coefficient (Wildman–Crippen LogP) is 6.99. The molecule has 0 unspecified atom stereocenters. The molecule has 3 aromatic carbocycles. The topological polar surface area (TPSA) is 60.7 Å². The van der Waals surface area contributed by atoms with Gasteiger partial charge in [-0.2, -0.15) is 0 Å². The van der Waals surface area contributed by atoms with Crippen molar-refractivity contribution in [1.29, 1.82) is 0 Å². The van der Waals surface area contributed by atoms with Crippen molar-refractivity contribution in [3.8, 4) is 28.3 Å². The SMILES string of the molecule is Cc1c(C(=O)O)n(-c2ccc(OC(C)C)cc2)c2ccc(-c3ccc(OC(F)(F)F)cc3)cc12. The number of halogens is 3. The van der Waals surface area contributed by atoms with Gasteiger partial charge in [0.15, 0.2) is 0 Å². The van der Waals surface area contributed by atoms with Gasteiger partial charge in [-0.1, -0.05) is 18.2 Å². The van der Waals surface area contributed by atoms with Crippen molar-refractivity contribution >= 4 is 16.9 Å². The molecule has 0 aliphatic rings. The van der Waals surface area contributed by atoms with Gasteiger partial charge in [-0.25, -0.2) is 4.79 Å². The van der Waals surface area contributed by atoms with E-state index in [2.05, 4.69) is 4.74 Å². The van der Waals surface area contributed by atoms with Crippen molar-refractivity contribution in [1.82, 2.24) is 4.57 Å². The molecule has 1 N–H and O–H groups in total. The molecule has 0 amide bonds. The number of aromatic carboxylic acids is 1. The van der Waals surface area contributed by atoms with E-state index in [0.29, 0.717) is 28.1 Å². The summed E-state index contributed by atoms with van der Waals surface area (Å²) in [6, 6.07) is 18.2. The Labute approximate surface area is 194 Å². The fraction of sp³-hybridized carbons (Fsp3) is 0.192. The zero-order valence-electron chi connectivity index (χ0n) is 18.7. The lowest BCUT2D eigenvalue weighted by atomic mass is 10.0. The van der Waals surface area contributed by atoms with E-state index in [4.69, 9.17) is 4.74 Å². The summed E-state index contributed by atoms with van der Waals surface area (Å²) in [4.78, 5) is 12.2. The Morgan fingerprint density at radius 2 is 1.50 bits per heavy atom. The first-order valence-electron chi connectivity index (χ1n) is 10.5. The van der Waals surface area contributed by atoms with Crippen molar-refractivity contribution in [2.24, 2.45) is 0 Å². The van der Waals surface area contributed by atoms with Crippen molar-refractivity contribution < 1.29 is 32.5 Å². The summed E-state index contributed by atoms with van der Waals surface area (Å²) >= 11 is 0. The van der Waals surface area contributed by atoms with Gasteiger partial charge in [0.25, 0.3) is 0 Å². The van der Waals surface area contributed by atoms with Crippen LogP contribution >= 0.6 is 0 Å². The second kappa shape index (κ2) is 8.78. The molecule has 0 saturated carbocycles. The highest BCUT2D eigenvalue weighted by Crippen LogP contribution is 2.34. The average Bonchev–Trinajstić information content (AvgIpc) is 3.05. The van der Waals surface area contributed by atoms with Crippen LogP contribution in [0.25, 0.3) is 27.7 Å². The Morgan fingerprint density at radius 1 is 0.912 bits per heavy atom. The second-order valence-electron chi connectivity index (χ2n) is 8.08. The maximum atomic E-state index is 12.4. The summed E-state index contributed by atoms with van der Waals surface area (Å²) < 4.78 is 48.6. The number of hydrogen-bond acceptors (Lipinski definition) is 3. The fourth-order valence-corrected chi connectivity index (χ4v) is 3.95. The Bertz CT molecular complexity index is 1340. The summed E-state index contributed by atoms with van der Waals surface area (Å²) in [6.07, 6.45) is -4.74. The second-order valence-corrected chi connectivity index (χ2v) is 8.08. The van der Waals surface area contributed by atoms with Gasteiger partial charge in [-0.05, 0) is 86.0 Å². The molecule has 1 heterocycles. The predicted molar refractivity (Wildman–Crippen MR) is 123 cm³/mol. The molecule has 4 aromatic rings. The number of aryl methyl sites for hydroxylation is 1. The van der Waals surface area contributed by atoms with Crippen molar-refractivity contribution in [3.05, 3.63) is 78.0 Å². The number of benzene rings is 3. The van der Waals surface area contributed by atoms with Crippen LogP contribution in [-0.4, -0.2) is 28.1 Å². The molecule has 176 valence electrons. The number of carboxylic acid groups (broad SMARTS) is 1. The molecule has 5 nitrogen and oxygen atoms in total. The number of aromatic nitrogens is 1. The number of nitrogens with zero attached hydrogens (tertiary/aromatic N) is 1. The van der Waals surface area contributed by atoms with Crippen LogP contribution in [-0.2, 0) is 0 Å². The van der Waals surface area contributed by atoms with E-state index < -0.39 is 12.3 Å². The minimum atomic E-state index is -4.76. The highest BCUT2D eigenvalue weighted by Gasteiger charge is 2.31. The number of ether oxygens (including phenoxy) is 2. The lowest BCUT2D eigenvalue weighted by molar-refractivity contribution is -0.274. The summed E-state index contributed by atoms with van der Waals surface area (Å²) in [5, 5.41) is 10.7. The minimum absolute atomic E-state index is 0.0163. The number of rotatable bonds is 6. The molecule has 8 heteroatoms. The van der Waals surface area contributed by atoms with Crippen LogP contribution in [0.1, 0.15) is 29.9 Å². The van der Waals surface area contributed by atoms with Gasteiger partial charge >= 0.3 is 12.3 Å². The molecule has 34 heavy (non-hydrogen) atoms. The van der Waals surface area contributed by atoms with Gasteiger partial charge in [0.2, 0.25) is 0 Å². The quantitative estimate of drug-likeness (QED) is 0.331. The van der Waals surface area contributed by atoms with E-state index in [1.165, 1.54) is 24.3 Å². The number of alkyl halides is 3. The molecule has 0 saturated heterocycles. The molecule has 0 bridgehead atoms. The summed E-state index contributed by atoms with van der Waals surface area (Å²) in [7, 11) is 0. The summed E-state index contributed by atoms with van der Waals surface area (Å²) in [6.45, 7) is 5.59. The molecule has 0 atom stereocenters. The zero-order valence-corrected chi connectivity index (χ0v) is 18.7. The first kappa shape index (κ1) is 23.2. The average molecular weight is 469 g/mol. The molecule has 0 spiro atoms. The van der Waals surface area contributed by atoms with Crippen molar-refractivity contribution in [2.45, 2.75) is 33.2 Å². The van der Waals surface area contributed by atoms with Crippen LogP contribution in [0.15, 0.2) is 66.7 Å². The van der Waals surface area contributed by atoms with Crippen LogP contribution in [0.4, 0.5) is 13.2 Å². The molecule has 0 aliphatic heterocycles. The molecule has 0 radical (unpaired) electrons. The largest absolute Gasteiger partial charge is 0.573 e. The van der Waals surface area contributed by atoms with Gasteiger partial charge in [-0.3, -0.25) is 0 Å². The van der Waals surface area contributed by atoms with Gasteiger partial charge in [0.05, 0.1) is 11.6 Å². The lowest BCUT2D eigenvalue weighted by Crippen LogP contribution is -2.16. The zero-order chi connectivity index (χ0) is 24.6. The van der Waals surface area contributed by atoms with Crippen LogP contribution in [0, 0.1) is 6.92 Å². The van der Waals surface area contributed by atoms with E-state index >= 15 is 0 Å². The highest BCUT2D eigenvalue weighted by atomic mass is 19.4. The van der Waals surface area contributed by atoms with Crippen molar-refractivity contribution in [3.63, 3.8) is 0 Å². The first-order valence-corrected chi connectivity index (χ1v) is 10.5. The van der Waals surface area contributed by atoms with Crippen LogP contribution in [0.2, 0.25) is 0 Å². The van der Waals surface area contributed by atoms with E-state index in [1.54, 1.807) is 41.8 Å². The molecule has 0 fully saturated rings. The van der Waals surface area contributed by atoms with E-state index in [-0.39, 0.29) is 17.5 Å². The molecule has 4 rings (SSSR count). The summed E-state index contributed by atoms with van der Waals surface area (Å²) in [5.41, 5.74) is 3.52. The third kappa shape index (κ3) is 4.71. The molecular formula is C26H22F3NO4. The number of hydrogen-bond donors (Lipinski definition) is 1.